The van der Waals surface area contributed by atoms with E-state index in [4.69, 9.17) is 5.73 Å². The molecule has 6 heteroatoms. The lowest BCUT2D eigenvalue weighted by atomic mass is 10.1. The van der Waals surface area contributed by atoms with Crippen LogP contribution in [0.4, 0.5) is 10.8 Å². The van der Waals surface area contributed by atoms with E-state index in [9.17, 15) is 4.79 Å². The summed E-state index contributed by atoms with van der Waals surface area (Å²) >= 11 is 1.34. The molecule has 0 spiro atoms. The van der Waals surface area contributed by atoms with Crippen LogP contribution in [0.25, 0.3) is 0 Å². The van der Waals surface area contributed by atoms with Gasteiger partial charge >= 0.3 is 0 Å². The van der Waals surface area contributed by atoms with Crippen molar-refractivity contribution in [2.24, 2.45) is 0 Å². The van der Waals surface area contributed by atoms with Crippen molar-refractivity contribution in [1.82, 2.24) is 9.69 Å². The van der Waals surface area contributed by atoms with Gasteiger partial charge in [-0.2, -0.15) is 4.37 Å². The van der Waals surface area contributed by atoms with Gasteiger partial charge in [-0.3, -0.25) is 4.79 Å². The highest BCUT2D eigenvalue weighted by molar-refractivity contribution is 7.10. The molecule has 1 fully saturated rings. The van der Waals surface area contributed by atoms with Crippen LogP contribution >= 0.6 is 11.5 Å². The summed E-state index contributed by atoms with van der Waals surface area (Å²) in [5.41, 5.74) is 6.77. The number of hydrogen-bond donors (Lipinski definition) is 3. The standard InChI is InChI=1S/C13H22N4OS/c1-7(11(18)16-13(2,3)4)15-12-9(8-5-6-8)10(14)17-19-12/h7-8,15H,5-6H2,1-4H3,(H2,14,17)(H,16,18). The third kappa shape index (κ3) is 3.59. The number of aromatic nitrogens is 1. The number of anilines is 2. The summed E-state index contributed by atoms with van der Waals surface area (Å²) < 4.78 is 4.19. The number of amides is 1. The molecule has 1 atom stereocenters. The van der Waals surface area contributed by atoms with Gasteiger partial charge in [0, 0.05) is 11.1 Å². The van der Waals surface area contributed by atoms with E-state index in [-0.39, 0.29) is 17.5 Å². The Balaban J connectivity index is 2.03. The maximum atomic E-state index is 12.0. The van der Waals surface area contributed by atoms with Crippen molar-refractivity contribution < 1.29 is 4.79 Å². The van der Waals surface area contributed by atoms with Crippen molar-refractivity contribution in [1.29, 1.82) is 0 Å². The molecular formula is C13H22N4OS. The number of nitrogens with one attached hydrogen (secondary N) is 2. The second-order valence-corrected chi connectivity index (χ2v) is 6.96. The van der Waals surface area contributed by atoms with Gasteiger partial charge in [-0.05, 0) is 58.0 Å². The van der Waals surface area contributed by atoms with Crippen LogP contribution in [0.3, 0.4) is 0 Å². The van der Waals surface area contributed by atoms with Crippen LogP contribution in [0.1, 0.15) is 52.0 Å². The van der Waals surface area contributed by atoms with Gasteiger partial charge < -0.3 is 16.4 Å². The molecule has 2 rings (SSSR count). The maximum absolute atomic E-state index is 12.0. The molecule has 0 aliphatic heterocycles. The number of nitrogens with two attached hydrogens (primary N) is 1. The fourth-order valence-corrected chi connectivity index (χ4v) is 2.81. The summed E-state index contributed by atoms with van der Waals surface area (Å²) in [4.78, 5) is 12.0. The van der Waals surface area contributed by atoms with Crippen molar-refractivity contribution in [2.45, 2.75) is 58.0 Å². The normalized spacial score (nSPS) is 17.1. The molecular weight excluding hydrogens is 260 g/mol. The van der Waals surface area contributed by atoms with E-state index < -0.39 is 0 Å². The summed E-state index contributed by atoms with van der Waals surface area (Å²) in [6.45, 7) is 7.77. The predicted octanol–water partition coefficient (Wildman–Crippen LogP) is 2.32. The number of carbonyl (C=O) groups excluding carboxylic acids is 1. The molecule has 0 saturated heterocycles. The Hall–Kier alpha value is -1.30. The van der Waals surface area contributed by atoms with E-state index in [1.54, 1.807) is 0 Å². The van der Waals surface area contributed by atoms with Gasteiger partial charge in [-0.1, -0.05) is 0 Å². The highest BCUT2D eigenvalue weighted by Gasteiger charge is 2.31. The first kappa shape index (κ1) is 14.1. The zero-order chi connectivity index (χ0) is 14.2. The molecule has 106 valence electrons. The molecule has 1 aromatic heterocycles. The van der Waals surface area contributed by atoms with Crippen molar-refractivity contribution >= 4 is 28.3 Å². The van der Waals surface area contributed by atoms with Crippen molar-refractivity contribution in [3.05, 3.63) is 5.56 Å². The molecule has 0 bridgehead atoms. The fourth-order valence-electron chi connectivity index (χ4n) is 1.92. The van der Waals surface area contributed by atoms with Gasteiger partial charge in [-0.15, -0.1) is 0 Å². The van der Waals surface area contributed by atoms with Crippen LogP contribution in [0, 0.1) is 0 Å². The first-order chi connectivity index (χ1) is 8.78. The maximum Gasteiger partial charge on any atom is 0.242 e. The molecule has 1 saturated carbocycles. The molecule has 1 aliphatic carbocycles. The summed E-state index contributed by atoms with van der Waals surface area (Å²) in [6, 6.07) is -0.295. The first-order valence-corrected chi connectivity index (χ1v) is 7.39. The van der Waals surface area contributed by atoms with Crippen LogP contribution in [0.2, 0.25) is 0 Å². The van der Waals surface area contributed by atoms with Crippen molar-refractivity contribution in [3.63, 3.8) is 0 Å². The summed E-state index contributed by atoms with van der Waals surface area (Å²) in [5, 5.41) is 7.14. The Bertz CT molecular complexity index is 473. The number of hydrogen-bond acceptors (Lipinski definition) is 5. The van der Waals surface area contributed by atoms with E-state index in [1.165, 1.54) is 24.4 Å². The van der Waals surface area contributed by atoms with Gasteiger partial charge in [-0.25, -0.2) is 0 Å². The minimum atomic E-state index is -0.295. The second-order valence-electron chi connectivity index (χ2n) is 6.19. The van der Waals surface area contributed by atoms with Crippen LogP contribution in [-0.2, 0) is 4.79 Å². The second kappa shape index (κ2) is 5.00. The topological polar surface area (TPSA) is 80.0 Å². The van der Waals surface area contributed by atoms with Crippen molar-refractivity contribution in [3.8, 4) is 0 Å². The van der Waals surface area contributed by atoms with Crippen LogP contribution in [0.15, 0.2) is 0 Å². The van der Waals surface area contributed by atoms with Gasteiger partial charge in [0.25, 0.3) is 0 Å². The van der Waals surface area contributed by atoms with Crippen LogP contribution < -0.4 is 16.4 Å². The average Bonchev–Trinajstić information content (AvgIpc) is 3.02. The predicted molar refractivity (Wildman–Crippen MR) is 79.5 cm³/mol. The van der Waals surface area contributed by atoms with Gasteiger partial charge in [0.05, 0.1) is 0 Å². The summed E-state index contributed by atoms with van der Waals surface area (Å²) in [5.74, 6) is 1.12. The highest BCUT2D eigenvalue weighted by Crippen LogP contribution is 2.47. The molecule has 0 aromatic carbocycles. The minimum absolute atomic E-state index is 0.0128. The Kier molecular flexibility index (Phi) is 3.71. The summed E-state index contributed by atoms with van der Waals surface area (Å²) in [6.07, 6.45) is 2.33. The largest absolute Gasteiger partial charge is 0.383 e. The lowest BCUT2D eigenvalue weighted by molar-refractivity contribution is -0.122. The van der Waals surface area contributed by atoms with Crippen LogP contribution in [0.5, 0.6) is 0 Å². The van der Waals surface area contributed by atoms with E-state index in [2.05, 4.69) is 15.0 Å². The quantitative estimate of drug-likeness (QED) is 0.791. The molecule has 1 amide bonds. The van der Waals surface area contributed by atoms with Crippen molar-refractivity contribution in [2.75, 3.05) is 11.1 Å². The molecule has 4 N–H and O–H groups in total. The Morgan fingerprint density at radius 3 is 2.63 bits per heavy atom. The Morgan fingerprint density at radius 1 is 1.47 bits per heavy atom. The number of nitrogens with zero attached hydrogens (tertiary/aromatic N) is 1. The molecule has 0 radical (unpaired) electrons. The zero-order valence-electron chi connectivity index (χ0n) is 11.9. The lowest BCUT2D eigenvalue weighted by Crippen LogP contribution is -2.47. The lowest BCUT2D eigenvalue weighted by Gasteiger charge is -2.24. The van der Waals surface area contributed by atoms with E-state index >= 15 is 0 Å². The molecule has 5 nitrogen and oxygen atoms in total. The van der Waals surface area contributed by atoms with E-state index in [0.29, 0.717) is 11.7 Å². The fraction of sp³-hybridized carbons (Fsp3) is 0.692. The highest BCUT2D eigenvalue weighted by atomic mass is 32.1. The monoisotopic (exact) mass is 282 g/mol. The zero-order valence-corrected chi connectivity index (χ0v) is 12.7. The molecule has 1 unspecified atom stereocenters. The first-order valence-electron chi connectivity index (χ1n) is 6.61. The number of rotatable bonds is 4. The van der Waals surface area contributed by atoms with Gasteiger partial charge in [0.15, 0.2) is 0 Å². The Morgan fingerprint density at radius 2 is 2.11 bits per heavy atom. The van der Waals surface area contributed by atoms with Gasteiger partial charge in [0.1, 0.15) is 16.9 Å². The Labute approximate surface area is 118 Å². The minimum Gasteiger partial charge on any atom is -0.383 e. The third-order valence-electron chi connectivity index (χ3n) is 2.98. The molecule has 19 heavy (non-hydrogen) atoms. The summed E-state index contributed by atoms with van der Waals surface area (Å²) in [7, 11) is 0. The number of nitrogen functional groups attached to an aromatic ring is 1. The molecule has 1 heterocycles. The van der Waals surface area contributed by atoms with Crippen LogP contribution in [-0.4, -0.2) is 21.9 Å². The average molecular weight is 282 g/mol. The molecule has 1 aliphatic rings. The smallest absolute Gasteiger partial charge is 0.242 e. The van der Waals surface area contributed by atoms with E-state index in [1.807, 2.05) is 27.7 Å². The van der Waals surface area contributed by atoms with E-state index in [0.717, 1.165) is 10.6 Å². The third-order valence-corrected chi connectivity index (χ3v) is 3.79. The SMILES string of the molecule is CC(Nc1snc(N)c1C1CC1)C(=O)NC(C)(C)C. The molecule has 1 aromatic rings. The van der Waals surface area contributed by atoms with Gasteiger partial charge in [0.2, 0.25) is 5.91 Å². The number of carbonyl (C=O) groups is 1.